The average molecular weight is 361 g/mol. The number of allylic oxidation sites excluding steroid dienone is 1. The molecule has 1 aliphatic heterocycles. The van der Waals surface area contributed by atoms with Crippen molar-refractivity contribution in [2.45, 2.75) is 33.4 Å². The van der Waals surface area contributed by atoms with Crippen LogP contribution in [0.25, 0.3) is 0 Å². The van der Waals surface area contributed by atoms with Gasteiger partial charge in [-0.2, -0.15) is 5.26 Å². The fraction of sp³-hybridized carbons (Fsp3) is 0.273. The maximum absolute atomic E-state index is 12.1. The van der Waals surface area contributed by atoms with E-state index in [4.69, 9.17) is 4.74 Å². The molecule has 0 bridgehead atoms. The Morgan fingerprint density at radius 2 is 1.74 bits per heavy atom. The second-order valence-corrected chi connectivity index (χ2v) is 7.53. The molecule has 1 heterocycles. The Kier molecular flexibility index (Phi) is 5.18. The first-order chi connectivity index (χ1) is 12.9. The molecular weight excluding hydrogens is 338 g/mol. The third kappa shape index (κ3) is 4.29. The third-order valence-electron chi connectivity index (χ3n) is 4.40. The fourth-order valence-corrected chi connectivity index (χ4v) is 3.02. The molecule has 0 aliphatic carbocycles. The van der Waals surface area contributed by atoms with Gasteiger partial charge in [0, 0.05) is 11.1 Å². The fourth-order valence-electron chi connectivity index (χ4n) is 3.02. The molecule has 1 aliphatic rings. The minimum Gasteiger partial charge on any atom is -0.489 e. The lowest BCUT2D eigenvalue weighted by Crippen LogP contribution is -2.46. The molecule has 0 aromatic heterocycles. The number of amides is 2. The first-order valence-corrected chi connectivity index (χ1v) is 8.87. The first kappa shape index (κ1) is 18.5. The highest BCUT2D eigenvalue weighted by Crippen LogP contribution is 2.34. The minimum absolute atomic E-state index is 0.298. The number of carbonyl (C=O) groups is 1. The standard InChI is InChI=1S/C22H23N3O2/c1-22(2,3)20-18(13-23)19(24-21(26)25-20)16-9-11-17(12-10-16)27-14-15-7-5-4-6-8-15/h4-12,19H,14H2,1-3H3,(H2,24,25,26)/t19-/m1/s1. The molecule has 2 amide bonds. The largest absolute Gasteiger partial charge is 0.489 e. The van der Waals surface area contributed by atoms with Gasteiger partial charge in [-0.05, 0) is 23.3 Å². The molecule has 0 fully saturated rings. The third-order valence-corrected chi connectivity index (χ3v) is 4.40. The lowest BCUT2D eigenvalue weighted by molar-refractivity contribution is 0.235. The van der Waals surface area contributed by atoms with Gasteiger partial charge in [-0.3, -0.25) is 0 Å². The Bertz CT molecular complexity index is 888. The Morgan fingerprint density at radius 1 is 1.07 bits per heavy atom. The van der Waals surface area contributed by atoms with Gasteiger partial charge >= 0.3 is 6.03 Å². The van der Waals surface area contributed by atoms with E-state index in [-0.39, 0.29) is 11.4 Å². The van der Waals surface area contributed by atoms with Crippen molar-refractivity contribution in [3.05, 3.63) is 77.0 Å². The van der Waals surface area contributed by atoms with Gasteiger partial charge in [0.2, 0.25) is 0 Å². The molecule has 5 nitrogen and oxygen atoms in total. The number of hydrogen-bond acceptors (Lipinski definition) is 3. The highest BCUT2D eigenvalue weighted by atomic mass is 16.5. The summed E-state index contributed by atoms with van der Waals surface area (Å²) in [6, 6.07) is 18.9. The second-order valence-electron chi connectivity index (χ2n) is 7.53. The number of ether oxygens (including phenoxy) is 1. The lowest BCUT2D eigenvalue weighted by atomic mass is 9.84. The smallest absolute Gasteiger partial charge is 0.319 e. The summed E-state index contributed by atoms with van der Waals surface area (Å²) in [6.07, 6.45) is 0. The van der Waals surface area contributed by atoms with Crippen molar-refractivity contribution in [1.82, 2.24) is 10.6 Å². The normalized spacial score (nSPS) is 17.0. The Hall–Kier alpha value is -3.26. The van der Waals surface area contributed by atoms with Crippen LogP contribution in [0.2, 0.25) is 0 Å². The SMILES string of the molecule is CC(C)(C)C1=C(C#N)[C@@H](c2ccc(OCc3ccccc3)cc2)NC(=O)N1. The molecule has 0 saturated heterocycles. The van der Waals surface area contributed by atoms with Gasteiger partial charge in [0.05, 0.1) is 17.7 Å². The molecule has 0 unspecified atom stereocenters. The Labute approximate surface area is 159 Å². The number of rotatable bonds is 4. The van der Waals surface area contributed by atoms with Gasteiger partial charge in [0.15, 0.2) is 0 Å². The summed E-state index contributed by atoms with van der Waals surface area (Å²) in [5.74, 6) is 0.737. The second kappa shape index (κ2) is 7.55. The molecular formula is C22H23N3O2. The van der Waals surface area contributed by atoms with Gasteiger partial charge in [0.25, 0.3) is 0 Å². The van der Waals surface area contributed by atoms with Gasteiger partial charge in [0.1, 0.15) is 12.4 Å². The monoisotopic (exact) mass is 361 g/mol. The molecule has 2 aromatic carbocycles. The predicted octanol–water partition coefficient (Wildman–Crippen LogP) is 4.44. The van der Waals surface area contributed by atoms with Crippen LogP contribution in [0.15, 0.2) is 65.9 Å². The Morgan fingerprint density at radius 3 is 2.33 bits per heavy atom. The molecule has 2 N–H and O–H groups in total. The van der Waals surface area contributed by atoms with Crippen molar-refractivity contribution in [3.63, 3.8) is 0 Å². The van der Waals surface area contributed by atoms with Crippen molar-refractivity contribution >= 4 is 6.03 Å². The number of hydrogen-bond donors (Lipinski definition) is 2. The molecule has 1 atom stereocenters. The highest BCUT2D eigenvalue weighted by Gasteiger charge is 2.33. The van der Waals surface area contributed by atoms with Crippen LogP contribution in [0.5, 0.6) is 5.75 Å². The van der Waals surface area contributed by atoms with E-state index in [1.54, 1.807) is 0 Å². The van der Waals surface area contributed by atoms with Crippen LogP contribution >= 0.6 is 0 Å². The zero-order chi connectivity index (χ0) is 19.4. The number of nitrogens with zero attached hydrogens (tertiary/aromatic N) is 1. The van der Waals surface area contributed by atoms with E-state index in [0.29, 0.717) is 17.9 Å². The molecule has 3 rings (SSSR count). The summed E-state index contributed by atoms with van der Waals surface area (Å²) in [6.45, 7) is 6.41. The van der Waals surface area contributed by atoms with E-state index in [9.17, 15) is 10.1 Å². The van der Waals surface area contributed by atoms with E-state index < -0.39 is 6.04 Å². The van der Waals surface area contributed by atoms with Crippen molar-refractivity contribution in [2.75, 3.05) is 0 Å². The topological polar surface area (TPSA) is 74.1 Å². The van der Waals surface area contributed by atoms with Crippen LogP contribution in [0.4, 0.5) is 4.79 Å². The summed E-state index contributed by atoms with van der Waals surface area (Å²) >= 11 is 0. The first-order valence-electron chi connectivity index (χ1n) is 8.87. The lowest BCUT2D eigenvalue weighted by Gasteiger charge is -2.33. The maximum Gasteiger partial charge on any atom is 0.319 e. The van der Waals surface area contributed by atoms with Crippen LogP contribution in [0.1, 0.15) is 37.9 Å². The van der Waals surface area contributed by atoms with Gasteiger partial charge in [-0.1, -0.05) is 63.2 Å². The number of nitrogens with one attached hydrogen (secondary N) is 2. The van der Waals surface area contributed by atoms with Crippen molar-refractivity contribution in [3.8, 4) is 11.8 Å². The molecule has 27 heavy (non-hydrogen) atoms. The van der Waals surface area contributed by atoms with E-state index in [1.807, 2.05) is 75.4 Å². The number of urea groups is 1. The predicted molar refractivity (Wildman–Crippen MR) is 104 cm³/mol. The van der Waals surface area contributed by atoms with Crippen LogP contribution in [-0.2, 0) is 6.61 Å². The zero-order valence-corrected chi connectivity index (χ0v) is 15.7. The van der Waals surface area contributed by atoms with Crippen LogP contribution in [-0.4, -0.2) is 6.03 Å². The van der Waals surface area contributed by atoms with Crippen molar-refractivity contribution < 1.29 is 9.53 Å². The molecule has 0 radical (unpaired) electrons. The van der Waals surface area contributed by atoms with Crippen molar-refractivity contribution in [2.24, 2.45) is 5.41 Å². The van der Waals surface area contributed by atoms with Gasteiger partial charge in [-0.15, -0.1) is 0 Å². The molecule has 2 aromatic rings. The van der Waals surface area contributed by atoms with E-state index in [1.165, 1.54) is 0 Å². The molecule has 0 spiro atoms. The van der Waals surface area contributed by atoms with E-state index in [0.717, 1.165) is 16.9 Å². The van der Waals surface area contributed by atoms with E-state index in [2.05, 4.69) is 16.7 Å². The number of nitriles is 1. The van der Waals surface area contributed by atoms with Crippen LogP contribution in [0.3, 0.4) is 0 Å². The molecule has 0 saturated carbocycles. The summed E-state index contributed by atoms with van der Waals surface area (Å²) in [7, 11) is 0. The summed E-state index contributed by atoms with van der Waals surface area (Å²) < 4.78 is 5.81. The molecule has 138 valence electrons. The van der Waals surface area contributed by atoms with Crippen molar-refractivity contribution in [1.29, 1.82) is 5.26 Å². The summed E-state index contributed by atoms with van der Waals surface area (Å²) in [5.41, 5.74) is 2.79. The van der Waals surface area contributed by atoms with Gasteiger partial charge < -0.3 is 15.4 Å². The number of carbonyl (C=O) groups excluding carboxylic acids is 1. The maximum atomic E-state index is 12.1. The molecule has 5 heteroatoms. The van der Waals surface area contributed by atoms with Gasteiger partial charge in [-0.25, -0.2) is 4.79 Å². The summed E-state index contributed by atoms with van der Waals surface area (Å²) in [4.78, 5) is 12.1. The van der Waals surface area contributed by atoms with Crippen LogP contribution in [0, 0.1) is 16.7 Å². The zero-order valence-electron chi connectivity index (χ0n) is 15.7. The average Bonchev–Trinajstić information content (AvgIpc) is 2.66. The minimum atomic E-state index is -0.471. The van der Waals surface area contributed by atoms with Crippen LogP contribution < -0.4 is 15.4 Å². The highest BCUT2D eigenvalue weighted by molar-refractivity contribution is 5.80. The Balaban J connectivity index is 1.81. The number of benzene rings is 2. The van der Waals surface area contributed by atoms with E-state index >= 15 is 0 Å². The quantitative estimate of drug-likeness (QED) is 0.845. The summed E-state index contributed by atoms with van der Waals surface area (Å²) in [5, 5.41) is 15.3.